The Morgan fingerprint density at radius 3 is 2.75 bits per heavy atom. The third-order valence-corrected chi connectivity index (χ3v) is 5.75. The first-order chi connectivity index (χ1) is 9.73. The van der Waals surface area contributed by atoms with E-state index in [1.54, 1.807) is 0 Å². The molecule has 118 valence electrons. The van der Waals surface area contributed by atoms with E-state index in [1.165, 1.54) is 58.0 Å². The van der Waals surface area contributed by atoms with Crippen molar-refractivity contribution < 1.29 is 5.11 Å². The number of hydrogen-bond acceptors (Lipinski definition) is 3. The molecule has 3 atom stereocenters. The largest absolute Gasteiger partial charge is 0.394 e. The molecule has 1 aliphatic heterocycles. The molecule has 0 aromatic rings. The van der Waals surface area contributed by atoms with Crippen LogP contribution in [0.5, 0.6) is 0 Å². The average Bonchev–Trinajstić information content (AvgIpc) is 2.73. The minimum absolute atomic E-state index is 0.0158. The van der Waals surface area contributed by atoms with Crippen LogP contribution in [0.2, 0.25) is 0 Å². The van der Waals surface area contributed by atoms with Crippen LogP contribution in [0.1, 0.15) is 64.7 Å². The van der Waals surface area contributed by atoms with Gasteiger partial charge in [0.2, 0.25) is 0 Å². The van der Waals surface area contributed by atoms with Crippen molar-refractivity contribution in [3.63, 3.8) is 0 Å². The van der Waals surface area contributed by atoms with Gasteiger partial charge in [-0.1, -0.05) is 19.8 Å². The van der Waals surface area contributed by atoms with E-state index in [1.807, 2.05) is 7.05 Å². The van der Waals surface area contributed by atoms with E-state index in [0.29, 0.717) is 6.04 Å². The SMILES string of the molecule is CCCC1CCCN(C2CCCC(CO)(NC)C2)CC1. The number of nitrogens with one attached hydrogen (secondary N) is 1. The maximum Gasteiger partial charge on any atom is 0.0613 e. The number of likely N-dealkylation sites (tertiary alicyclic amines) is 1. The van der Waals surface area contributed by atoms with Crippen molar-refractivity contribution in [3.8, 4) is 0 Å². The highest BCUT2D eigenvalue weighted by Gasteiger charge is 2.37. The zero-order valence-corrected chi connectivity index (χ0v) is 13.5. The van der Waals surface area contributed by atoms with E-state index in [2.05, 4.69) is 17.1 Å². The number of nitrogens with zero attached hydrogens (tertiary/aromatic N) is 1. The molecule has 1 saturated carbocycles. The molecule has 3 nitrogen and oxygen atoms in total. The first kappa shape index (κ1) is 16.3. The van der Waals surface area contributed by atoms with E-state index < -0.39 is 0 Å². The summed E-state index contributed by atoms with van der Waals surface area (Å²) in [4.78, 5) is 2.73. The predicted molar refractivity (Wildman–Crippen MR) is 85.0 cm³/mol. The van der Waals surface area contributed by atoms with Gasteiger partial charge in [-0.3, -0.25) is 0 Å². The van der Waals surface area contributed by atoms with Crippen molar-refractivity contribution in [1.29, 1.82) is 0 Å². The summed E-state index contributed by atoms with van der Waals surface area (Å²) in [5.74, 6) is 0.959. The maximum absolute atomic E-state index is 9.74. The summed E-state index contributed by atoms with van der Waals surface area (Å²) in [6.45, 7) is 5.15. The van der Waals surface area contributed by atoms with Gasteiger partial charge in [0.15, 0.2) is 0 Å². The van der Waals surface area contributed by atoms with Crippen LogP contribution < -0.4 is 5.32 Å². The minimum Gasteiger partial charge on any atom is -0.394 e. The minimum atomic E-state index is -0.0158. The molecule has 0 bridgehead atoms. The molecule has 1 aliphatic carbocycles. The lowest BCUT2D eigenvalue weighted by molar-refractivity contribution is 0.0646. The lowest BCUT2D eigenvalue weighted by atomic mass is 9.79. The summed E-state index contributed by atoms with van der Waals surface area (Å²) < 4.78 is 0. The van der Waals surface area contributed by atoms with Crippen molar-refractivity contribution in [2.75, 3.05) is 26.7 Å². The Kier molecular flexibility index (Phi) is 6.31. The van der Waals surface area contributed by atoms with E-state index in [4.69, 9.17) is 0 Å². The Morgan fingerprint density at radius 1 is 1.20 bits per heavy atom. The second-order valence-electron chi connectivity index (χ2n) is 7.06. The summed E-state index contributed by atoms with van der Waals surface area (Å²) in [5.41, 5.74) is -0.0158. The molecule has 2 rings (SSSR count). The lowest BCUT2D eigenvalue weighted by Gasteiger charge is -2.43. The molecule has 1 heterocycles. The van der Waals surface area contributed by atoms with Crippen molar-refractivity contribution >= 4 is 0 Å². The summed E-state index contributed by atoms with van der Waals surface area (Å²) >= 11 is 0. The van der Waals surface area contributed by atoms with Crippen LogP contribution in [0, 0.1) is 5.92 Å². The molecule has 3 heteroatoms. The monoisotopic (exact) mass is 282 g/mol. The quantitative estimate of drug-likeness (QED) is 0.814. The predicted octanol–water partition coefficient (Wildman–Crippen LogP) is 2.78. The summed E-state index contributed by atoms with van der Waals surface area (Å²) in [5, 5.41) is 13.1. The van der Waals surface area contributed by atoms with Crippen molar-refractivity contribution in [3.05, 3.63) is 0 Å². The van der Waals surface area contributed by atoms with Gasteiger partial charge >= 0.3 is 0 Å². The molecular weight excluding hydrogens is 248 g/mol. The van der Waals surface area contributed by atoms with Crippen LogP contribution in [0.15, 0.2) is 0 Å². The number of hydrogen-bond donors (Lipinski definition) is 2. The van der Waals surface area contributed by atoms with Gasteiger partial charge in [0.05, 0.1) is 6.61 Å². The molecule has 1 saturated heterocycles. The second-order valence-corrected chi connectivity index (χ2v) is 7.06. The van der Waals surface area contributed by atoms with E-state index in [0.717, 1.165) is 18.8 Å². The topological polar surface area (TPSA) is 35.5 Å². The zero-order chi connectivity index (χ0) is 14.4. The second kappa shape index (κ2) is 7.77. The molecule has 0 aromatic carbocycles. The summed E-state index contributed by atoms with van der Waals surface area (Å²) in [7, 11) is 2.01. The van der Waals surface area contributed by atoms with E-state index in [9.17, 15) is 5.11 Å². The number of likely N-dealkylation sites (N-methyl/N-ethyl adjacent to an activating group) is 1. The Bertz CT molecular complexity index is 278. The first-order valence-corrected chi connectivity index (χ1v) is 8.77. The summed E-state index contributed by atoms with van der Waals surface area (Å²) in [6, 6.07) is 0.684. The van der Waals surface area contributed by atoms with Gasteiger partial charge in [-0.05, 0) is 71.0 Å². The number of rotatable bonds is 5. The molecule has 20 heavy (non-hydrogen) atoms. The van der Waals surface area contributed by atoms with Gasteiger partial charge in [-0.25, -0.2) is 0 Å². The highest BCUT2D eigenvalue weighted by Crippen LogP contribution is 2.33. The normalized spacial score (nSPS) is 36.8. The molecule has 0 aromatic heterocycles. The number of aliphatic hydroxyl groups excluding tert-OH is 1. The average molecular weight is 282 g/mol. The van der Waals surface area contributed by atoms with Crippen molar-refractivity contribution in [2.45, 2.75) is 76.3 Å². The molecule has 2 fully saturated rings. The van der Waals surface area contributed by atoms with Crippen LogP contribution in [0.25, 0.3) is 0 Å². The fourth-order valence-electron chi connectivity index (χ4n) is 4.34. The van der Waals surface area contributed by atoms with Crippen LogP contribution in [-0.4, -0.2) is 48.3 Å². The highest BCUT2D eigenvalue weighted by molar-refractivity contribution is 4.96. The maximum atomic E-state index is 9.74. The molecule has 0 radical (unpaired) electrons. The fraction of sp³-hybridized carbons (Fsp3) is 1.00. The van der Waals surface area contributed by atoms with Gasteiger partial charge < -0.3 is 15.3 Å². The van der Waals surface area contributed by atoms with Gasteiger partial charge in [0.1, 0.15) is 0 Å². The molecule has 0 spiro atoms. The van der Waals surface area contributed by atoms with Gasteiger partial charge in [-0.15, -0.1) is 0 Å². The van der Waals surface area contributed by atoms with Crippen LogP contribution in [0.3, 0.4) is 0 Å². The van der Waals surface area contributed by atoms with Crippen LogP contribution in [-0.2, 0) is 0 Å². The highest BCUT2D eigenvalue weighted by atomic mass is 16.3. The fourth-order valence-corrected chi connectivity index (χ4v) is 4.34. The molecular formula is C17H34N2O. The number of aliphatic hydroxyl groups is 1. The van der Waals surface area contributed by atoms with Gasteiger partial charge in [0, 0.05) is 11.6 Å². The van der Waals surface area contributed by atoms with Crippen LogP contribution >= 0.6 is 0 Å². The molecule has 2 aliphatic rings. The van der Waals surface area contributed by atoms with Crippen molar-refractivity contribution in [1.82, 2.24) is 10.2 Å². The summed E-state index contributed by atoms with van der Waals surface area (Å²) in [6.07, 6.45) is 11.7. The van der Waals surface area contributed by atoms with E-state index >= 15 is 0 Å². The van der Waals surface area contributed by atoms with Crippen LogP contribution in [0.4, 0.5) is 0 Å². The Balaban J connectivity index is 1.90. The third-order valence-electron chi connectivity index (χ3n) is 5.75. The molecule has 0 amide bonds. The Labute approximate surface area is 125 Å². The lowest BCUT2D eigenvalue weighted by Crippen LogP contribution is -2.54. The van der Waals surface area contributed by atoms with Gasteiger partial charge in [0.25, 0.3) is 0 Å². The Hall–Kier alpha value is -0.120. The Morgan fingerprint density at radius 2 is 2.05 bits per heavy atom. The molecule has 3 unspecified atom stereocenters. The van der Waals surface area contributed by atoms with Crippen molar-refractivity contribution in [2.24, 2.45) is 5.92 Å². The van der Waals surface area contributed by atoms with Gasteiger partial charge in [-0.2, -0.15) is 0 Å². The smallest absolute Gasteiger partial charge is 0.0613 e. The molecule has 2 N–H and O–H groups in total. The standard InChI is InChI=1S/C17H34N2O/c1-3-6-15-7-5-11-19(12-9-15)16-8-4-10-17(13-16,14-20)18-2/h15-16,18,20H,3-14H2,1-2H3. The third kappa shape index (κ3) is 3.96. The zero-order valence-electron chi connectivity index (χ0n) is 13.5. The van der Waals surface area contributed by atoms with E-state index in [-0.39, 0.29) is 12.1 Å². The first-order valence-electron chi connectivity index (χ1n) is 8.77.